The molecule has 0 radical (unpaired) electrons. The van der Waals surface area contributed by atoms with Crippen LogP contribution in [0.5, 0.6) is 0 Å². The van der Waals surface area contributed by atoms with Crippen molar-refractivity contribution in [3.63, 3.8) is 0 Å². The molecule has 0 fully saturated rings. The van der Waals surface area contributed by atoms with Gasteiger partial charge in [-0.2, -0.15) is 5.10 Å². The van der Waals surface area contributed by atoms with Gasteiger partial charge in [-0.1, -0.05) is 12.1 Å². The Labute approximate surface area is 152 Å². The maximum absolute atomic E-state index is 11.8. The predicted molar refractivity (Wildman–Crippen MR) is 99.8 cm³/mol. The highest BCUT2D eigenvalue weighted by molar-refractivity contribution is 14.1. The van der Waals surface area contributed by atoms with Crippen molar-refractivity contribution < 1.29 is 9.59 Å². The van der Waals surface area contributed by atoms with E-state index in [0.29, 0.717) is 11.9 Å². The molecule has 3 N–H and O–H groups in total. The van der Waals surface area contributed by atoms with E-state index >= 15 is 0 Å². The lowest BCUT2D eigenvalue weighted by Crippen LogP contribution is -2.18. The van der Waals surface area contributed by atoms with Crippen molar-refractivity contribution >= 4 is 45.3 Å². The summed E-state index contributed by atoms with van der Waals surface area (Å²) in [4.78, 5) is 22.9. The summed E-state index contributed by atoms with van der Waals surface area (Å²) in [6.07, 6.45) is 0. The van der Waals surface area contributed by atoms with E-state index in [-0.39, 0.29) is 11.6 Å². The highest BCUT2D eigenvalue weighted by Crippen LogP contribution is 2.24. The van der Waals surface area contributed by atoms with Crippen LogP contribution in [0.15, 0.2) is 42.5 Å². The van der Waals surface area contributed by atoms with Crippen molar-refractivity contribution in [3.8, 4) is 5.69 Å². The first-order chi connectivity index (χ1) is 11.5. The first kappa shape index (κ1) is 16.4. The average molecular weight is 434 g/mol. The third-order valence-electron chi connectivity index (χ3n) is 3.57. The Morgan fingerprint density at radius 2 is 2.04 bits per heavy atom. The SMILES string of the molecule is CC(=O)NCc1ccc2c(c1)c(C(N)=O)nn2-c1cccc(I)c1. The van der Waals surface area contributed by atoms with Crippen LogP contribution in [0.2, 0.25) is 0 Å². The first-order valence-corrected chi connectivity index (χ1v) is 8.35. The summed E-state index contributed by atoms with van der Waals surface area (Å²) >= 11 is 2.23. The van der Waals surface area contributed by atoms with E-state index in [1.54, 1.807) is 4.68 Å². The van der Waals surface area contributed by atoms with Gasteiger partial charge < -0.3 is 11.1 Å². The molecule has 0 unspecified atom stereocenters. The molecule has 2 amide bonds. The van der Waals surface area contributed by atoms with Crippen molar-refractivity contribution in [1.82, 2.24) is 15.1 Å². The number of halogens is 1. The smallest absolute Gasteiger partial charge is 0.269 e. The van der Waals surface area contributed by atoms with E-state index in [9.17, 15) is 9.59 Å². The van der Waals surface area contributed by atoms with Gasteiger partial charge in [-0.3, -0.25) is 9.59 Å². The number of nitrogens with two attached hydrogens (primary N) is 1. The Kier molecular flexibility index (Phi) is 4.52. The van der Waals surface area contributed by atoms with Gasteiger partial charge in [0.2, 0.25) is 5.91 Å². The molecule has 0 atom stereocenters. The minimum absolute atomic E-state index is 0.111. The minimum atomic E-state index is -0.582. The molecule has 0 aliphatic heterocycles. The van der Waals surface area contributed by atoms with Crippen LogP contribution in [0.3, 0.4) is 0 Å². The molecule has 122 valence electrons. The summed E-state index contributed by atoms with van der Waals surface area (Å²) in [5.74, 6) is -0.694. The average Bonchev–Trinajstić information content (AvgIpc) is 2.92. The Balaban J connectivity index is 2.15. The molecule has 7 heteroatoms. The third kappa shape index (κ3) is 3.25. The molecule has 0 aliphatic rings. The van der Waals surface area contributed by atoms with Crippen molar-refractivity contribution in [2.45, 2.75) is 13.5 Å². The molecule has 0 bridgehead atoms. The fraction of sp³-hybridized carbons (Fsp3) is 0.118. The molecule has 2 aromatic carbocycles. The topological polar surface area (TPSA) is 90.0 Å². The zero-order valence-electron chi connectivity index (χ0n) is 12.9. The monoisotopic (exact) mass is 434 g/mol. The van der Waals surface area contributed by atoms with Crippen LogP contribution in [0.4, 0.5) is 0 Å². The fourth-order valence-electron chi connectivity index (χ4n) is 2.49. The highest BCUT2D eigenvalue weighted by atomic mass is 127. The van der Waals surface area contributed by atoms with E-state index < -0.39 is 5.91 Å². The van der Waals surface area contributed by atoms with Gasteiger partial charge in [0.1, 0.15) is 0 Å². The molecule has 6 nitrogen and oxygen atoms in total. The lowest BCUT2D eigenvalue weighted by molar-refractivity contribution is -0.119. The predicted octanol–water partition coefficient (Wildman–Crippen LogP) is 2.37. The second kappa shape index (κ2) is 6.60. The number of nitrogens with one attached hydrogen (secondary N) is 1. The number of carbonyl (C=O) groups is 2. The number of benzene rings is 2. The molecule has 0 saturated carbocycles. The number of primary amides is 1. The van der Waals surface area contributed by atoms with Gasteiger partial charge in [0.15, 0.2) is 5.69 Å². The summed E-state index contributed by atoms with van der Waals surface area (Å²) in [6.45, 7) is 1.85. The van der Waals surface area contributed by atoms with Crippen LogP contribution in [0.25, 0.3) is 16.6 Å². The molecule has 24 heavy (non-hydrogen) atoms. The molecule has 0 saturated heterocycles. The number of nitrogens with zero attached hydrogens (tertiary/aromatic N) is 2. The number of fused-ring (bicyclic) bond motifs is 1. The van der Waals surface area contributed by atoms with Crippen LogP contribution < -0.4 is 11.1 Å². The van der Waals surface area contributed by atoms with Crippen molar-refractivity contribution in [1.29, 1.82) is 0 Å². The van der Waals surface area contributed by atoms with Gasteiger partial charge in [-0.25, -0.2) is 4.68 Å². The summed E-state index contributed by atoms with van der Waals surface area (Å²) in [7, 11) is 0. The second-order valence-electron chi connectivity index (χ2n) is 5.37. The molecule has 3 aromatic rings. The Bertz CT molecular complexity index is 949. The molecule has 0 aliphatic carbocycles. The molecule has 0 spiro atoms. The zero-order chi connectivity index (χ0) is 17.3. The largest absolute Gasteiger partial charge is 0.364 e. The van der Waals surface area contributed by atoms with E-state index in [4.69, 9.17) is 5.73 Å². The summed E-state index contributed by atoms with van der Waals surface area (Å²) < 4.78 is 2.77. The van der Waals surface area contributed by atoms with Crippen molar-refractivity contribution in [2.75, 3.05) is 0 Å². The van der Waals surface area contributed by atoms with Crippen molar-refractivity contribution in [3.05, 3.63) is 57.3 Å². The summed E-state index contributed by atoms with van der Waals surface area (Å²) in [6, 6.07) is 13.4. The van der Waals surface area contributed by atoms with E-state index in [1.165, 1.54) is 6.92 Å². The number of rotatable bonds is 4. The molecule has 1 aromatic heterocycles. The van der Waals surface area contributed by atoms with Gasteiger partial charge in [0.05, 0.1) is 11.2 Å². The molecular formula is C17H15IN4O2. The minimum Gasteiger partial charge on any atom is -0.364 e. The van der Waals surface area contributed by atoms with Gasteiger partial charge in [0, 0.05) is 22.4 Å². The number of hydrogen-bond acceptors (Lipinski definition) is 3. The van der Waals surface area contributed by atoms with Crippen molar-refractivity contribution in [2.24, 2.45) is 5.73 Å². The number of aromatic nitrogens is 2. The number of amides is 2. The van der Waals surface area contributed by atoms with Gasteiger partial charge in [-0.15, -0.1) is 0 Å². The van der Waals surface area contributed by atoms with E-state index in [1.807, 2.05) is 42.5 Å². The fourth-order valence-corrected chi connectivity index (χ4v) is 3.02. The van der Waals surface area contributed by atoms with Gasteiger partial charge >= 0.3 is 0 Å². The Hall–Kier alpha value is -2.42. The third-order valence-corrected chi connectivity index (χ3v) is 4.24. The number of hydrogen-bond donors (Lipinski definition) is 2. The van der Waals surface area contributed by atoms with Crippen LogP contribution in [0.1, 0.15) is 23.0 Å². The standard InChI is InChI=1S/C17H15IN4O2/c1-10(23)20-9-11-5-6-15-14(7-11)16(17(19)24)21-22(15)13-4-2-3-12(18)8-13/h2-8H,9H2,1H3,(H2,19,24)(H,20,23). The summed E-state index contributed by atoms with van der Waals surface area (Å²) in [5, 5.41) is 7.80. The molecule has 1 heterocycles. The molecule has 3 rings (SSSR count). The van der Waals surface area contributed by atoms with E-state index in [2.05, 4.69) is 33.0 Å². The van der Waals surface area contributed by atoms with Gasteiger partial charge in [0.25, 0.3) is 5.91 Å². The van der Waals surface area contributed by atoms with E-state index in [0.717, 1.165) is 20.3 Å². The zero-order valence-corrected chi connectivity index (χ0v) is 15.1. The Morgan fingerprint density at radius 3 is 2.71 bits per heavy atom. The highest BCUT2D eigenvalue weighted by Gasteiger charge is 2.16. The number of carbonyl (C=O) groups excluding carboxylic acids is 2. The Morgan fingerprint density at radius 1 is 1.25 bits per heavy atom. The normalized spacial score (nSPS) is 10.8. The second-order valence-corrected chi connectivity index (χ2v) is 6.61. The maximum atomic E-state index is 11.8. The van der Waals surface area contributed by atoms with Gasteiger partial charge in [-0.05, 0) is 58.5 Å². The lowest BCUT2D eigenvalue weighted by Gasteiger charge is -2.05. The molecular weight excluding hydrogens is 419 g/mol. The summed E-state index contributed by atoms with van der Waals surface area (Å²) in [5.41, 5.74) is 8.23. The van der Waals surface area contributed by atoms with Crippen LogP contribution >= 0.6 is 22.6 Å². The lowest BCUT2D eigenvalue weighted by atomic mass is 10.1. The maximum Gasteiger partial charge on any atom is 0.269 e. The van der Waals surface area contributed by atoms with Crippen LogP contribution in [0, 0.1) is 3.57 Å². The first-order valence-electron chi connectivity index (χ1n) is 7.27. The van der Waals surface area contributed by atoms with Crippen LogP contribution in [-0.4, -0.2) is 21.6 Å². The quantitative estimate of drug-likeness (QED) is 0.618. The van der Waals surface area contributed by atoms with Crippen LogP contribution in [-0.2, 0) is 11.3 Å².